The average Bonchev–Trinajstić information content (AvgIpc) is 2.96. The standard InChI is InChI=1S/C30H36BrN3O14/c31-21-3-1-19(2-4-21)17-47-23-5-6-24(20(9-23)10-25(35)36)48-18-22(34(15-29(43)44)16-30(45)46)11-32(12-26(37)38)7-8-33(13-27(39)40)14-28(41)42/h1-6,9,22H,7-8,10-18H2,(H,35,36)(H,37,38)(H,39,40)(H,41,42)(H,43,44)(H,45,46)/p-6. The molecule has 0 aliphatic heterocycles. The number of rotatable bonds is 24. The van der Waals surface area contributed by atoms with E-state index in [2.05, 4.69) is 15.9 Å². The number of hydrogen-bond acceptors (Lipinski definition) is 17. The van der Waals surface area contributed by atoms with Crippen molar-refractivity contribution in [2.24, 2.45) is 0 Å². The maximum absolute atomic E-state index is 11.5. The molecule has 0 aliphatic carbocycles. The molecule has 262 valence electrons. The second-order valence-corrected chi connectivity index (χ2v) is 11.3. The lowest BCUT2D eigenvalue weighted by atomic mass is 10.1. The number of nitrogens with zero attached hydrogens (tertiary/aromatic N) is 3. The minimum Gasteiger partial charge on any atom is -0.550 e. The third-order valence-corrected chi connectivity index (χ3v) is 7.09. The first-order chi connectivity index (χ1) is 22.6. The van der Waals surface area contributed by atoms with Crippen LogP contribution in [0.25, 0.3) is 0 Å². The molecule has 0 N–H and O–H groups in total. The summed E-state index contributed by atoms with van der Waals surface area (Å²) in [5.41, 5.74) is 0.896. The zero-order valence-electron chi connectivity index (χ0n) is 25.3. The quantitative estimate of drug-likeness (QED) is 0.0968. The highest BCUT2D eigenvalue weighted by molar-refractivity contribution is 9.10. The van der Waals surface area contributed by atoms with Gasteiger partial charge in [0.2, 0.25) is 0 Å². The van der Waals surface area contributed by atoms with Gasteiger partial charge in [-0.15, -0.1) is 0 Å². The van der Waals surface area contributed by atoms with Crippen molar-refractivity contribution in [3.8, 4) is 11.5 Å². The summed E-state index contributed by atoms with van der Waals surface area (Å²) >= 11 is 3.33. The molecule has 0 bridgehead atoms. The molecular formula is C30H30BrN3O14-6. The van der Waals surface area contributed by atoms with Crippen LogP contribution in [0.3, 0.4) is 0 Å². The largest absolute Gasteiger partial charge is 0.550 e. The van der Waals surface area contributed by atoms with E-state index in [9.17, 15) is 59.4 Å². The molecule has 0 amide bonds. The minimum absolute atomic E-state index is 0.0254. The fourth-order valence-electron chi connectivity index (χ4n) is 4.51. The third-order valence-electron chi connectivity index (χ3n) is 6.56. The van der Waals surface area contributed by atoms with Crippen LogP contribution < -0.4 is 40.1 Å². The molecule has 17 nitrogen and oxygen atoms in total. The lowest BCUT2D eigenvalue weighted by Gasteiger charge is -2.37. The van der Waals surface area contributed by atoms with E-state index in [0.717, 1.165) is 24.7 Å². The second-order valence-electron chi connectivity index (χ2n) is 10.4. The van der Waals surface area contributed by atoms with Gasteiger partial charge in [0.25, 0.3) is 0 Å². The third kappa shape index (κ3) is 15.7. The Morgan fingerprint density at radius 2 is 1.17 bits per heavy atom. The zero-order valence-corrected chi connectivity index (χ0v) is 26.9. The van der Waals surface area contributed by atoms with Gasteiger partial charge >= 0.3 is 0 Å². The summed E-state index contributed by atoms with van der Waals surface area (Å²) in [5, 5.41) is 68.2. The number of halogens is 1. The first-order valence-corrected chi connectivity index (χ1v) is 14.9. The molecular weight excluding hydrogens is 706 g/mol. The number of carboxylic acids is 6. The van der Waals surface area contributed by atoms with Crippen LogP contribution in [0, 0.1) is 0 Å². The maximum atomic E-state index is 11.5. The molecule has 0 aliphatic rings. The van der Waals surface area contributed by atoms with Gasteiger partial charge in [0.05, 0.1) is 35.9 Å². The van der Waals surface area contributed by atoms with E-state index in [1.54, 1.807) is 0 Å². The summed E-state index contributed by atoms with van der Waals surface area (Å²) in [7, 11) is 0. The number of ether oxygens (including phenoxy) is 2. The predicted octanol–water partition coefficient (Wildman–Crippen LogP) is -7.28. The Hall–Kier alpha value is -4.78. The van der Waals surface area contributed by atoms with Crippen molar-refractivity contribution in [3.05, 3.63) is 58.1 Å². The SMILES string of the molecule is O=C([O-])Cc1cc(OCc2ccc(Br)cc2)ccc1OCC(CN(CCN(CC(=O)[O-])CC(=O)[O-])CC(=O)[O-])N(CC(=O)[O-])CC(=O)[O-]. The first kappa shape index (κ1) is 39.4. The van der Waals surface area contributed by atoms with E-state index in [1.165, 1.54) is 18.2 Å². The molecule has 1 unspecified atom stereocenters. The van der Waals surface area contributed by atoms with Gasteiger partial charge in [-0.05, 0) is 35.9 Å². The number of hydrogen-bond donors (Lipinski definition) is 0. The molecule has 1 atom stereocenters. The van der Waals surface area contributed by atoms with Gasteiger partial charge in [-0.1, -0.05) is 28.1 Å². The maximum Gasteiger partial charge on any atom is 0.123 e. The van der Waals surface area contributed by atoms with E-state index in [4.69, 9.17) is 9.47 Å². The Labute approximate surface area is 282 Å². The normalized spacial score (nSPS) is 11.8. The molecule has 0 aromatic heterocycles. The molecule has 48 heavy (non-hydrogen) atoms. The Balaban J connectivity index is 2.35. The second kappa shape index (κ2) is 19.8. The molecule has 2 rings (SSSR count). The van der Waals surface area contributed by atoms with Crippen LogP contribution in [0.2, 0.25) is 0 Å². The van der Waals surface area contributed by atoms with Gasteiger partial charge in [0.15, 0.2) is 0 Å². The molecule has 0 fully saturated rings. The van der Waals surface area contributed by atoms with Gasteiger partial charge in [-0.2, -0.15) is 0 Å². The first-order valence-electron chi connectivity index (χ1n) is 14.1. The van der Waals surface area contributed by atoms with Gasteiger partial charge < -0.3 is 68.9 Å². The molecule has 0 saturated carbocycles. The number of carbonyl (C=O) groups is 6. The molecule has 0 saturated heterocycles. The lowest BCUT2D eigenvalue weighted by molar-refractivity contribution is -0.313. The van der Waals surface area contributed by atoms with Crippen molar-refractivity contribution in [1.82, 2.24) is 14.7 Å². The van der Waals surface area contributed by atoms with Crippen LogP contribution in [0.4, 0.5) is 0 Å². The topological polar surface area (TPSA) is 269 Å². The van der Waals surface area contributed by atoms with E-state index in [0.29, 0.717) is 0 Å². The van der Waals surface area contributed by atoms with Crippen molar-refractivity contribution < 1.29 is 68.9 Å². The monoisotopic (exact) mass is 735 g/mol. The molecule has 0 radical (unpaired) electrons. The van der Waals surface area contributed by atoms with Crippen LogP contribution >= 0.6 is 15.9 Å². The summed E-state index contributed by atoms with van der Waals surface area (Å²) in [5.74, 6) is -9.51. The summed E-state index contributed by atoms with van der Waals surface area (Å²) in [6, 6.07) is 10.2. The van der Waals surface area contributed by atoms with E-state index in [1.807, 2.05) is 24.3 Å². The Kier molecular flexibility index (Phi) is 16.2. The molecule has 2 aromatic rings. The number of aliphatic carboxylic acids is 6. The van der Waals surface area contributed by atoms with E-state index in [-0.39, 0.29) is 36.8 Å². The minimum atomic E-state index is -1.70. The van der Waals surface area contributed by atoms with Crippen LogP contribution in [-0.4, -0.2) is 116 Å². The molecule has 0 spiro atoms. The highest BCUT2D eigenvalue weighted by Gasteiger charge is 2.24. The molecule has 18 heteroatoms. The van der Waals surface area contributed by atoms with Crippen molar-refractivity contribution in [2.45, 2.75) is 19.1 Å². The van der Waals surface area contributed by atoms with Crippen molar-refractivity contribution in [1.29, 1.82) is 0 Å². The van der Waals surface area contributed by atoms with Gasteiger partial charge in [-0.25, -0.2) is 0 Å². The highest BCUT2D eigenvalue weighted by Crippen LogP contribution is 2.26. The predicted molar refractivity (Wildman–Crippen MR) is 152 cm³/mol. The van der Waals surface area contributed by atoms with Crippen molar-refractivity contribution >= 4 is 51.7 Å². The fourth-order valence-corrected chi connectivity index (χ4v) is 4.77. The summed E-state index contributed by atoms with van der Waals surface area (Å²) < 4.78 is 12.4. The van der Waals surface area contributed by atoms with Crippen LogP contribution in [0.5, 0.6) is 11.5 Å². The van der Waals surface area contributed by atoms with Crippen molar-refractivity contribution in [2.75, 3.05) is 59.0 Å². The summed E-state index contributed by atoms with van der Waals surface area (Å²) in [6.45, 7) is -5.97. The number of benzene rings is 2. The van der Waals surface area contributed by atoms with Crippen LogP contribution in [-0.2, 0) is 41.8 Å². The number of carbonyl (C=O) groups excluding carboxylic acids is 6. The Morgan fingerprint density at radius 1 is 0.646 bits per heavy atom. The smallest absolute Gasteiger partial charge is 0.123 e. The van der Waals surface area contributed by atoms with Crippen LogP contribution in [0.1, 0.15) is 11.1 Å². The number of carboxylic acid groups (broad SMARTS) is 6. The zero-order chi connectivity index (χ0) is 35.8. The lowest BCUT2D eigenvalue weighted by Crippen LogP contribution is -2.56. The van der Waals surface area contributed by atoms with Crippen LogP contribution in [0.15, 0.2) is 46.9 Å². The Bertz CT molecular complexity index is 1410. The average molecular weight is 736 g/mol. The Morgan fingerprint density at radius 3 is 1.69 bits per heavy atom. The van der Waals surface area contributed by atoms with E-state index < -0.39 is 94.2 Å². The van der Waals surface area contributed by atoms with Crippen molar-refractivity contribution in [3.63, 3.8) is 0 Å². The highest BCUT2D eigenvalue weighted by atomic mass is 79.9. The van der Waals surface area contributed by atoms with Gasteiger partial charge in [0, 0.05) is 74.8 Å². The summed E-state index contributed by atoms with van der Waals surface area (Å²) in [4.78, 5) is 71.0. The van der Waals surface area contributed by atoms with Gasteiger partial charge in [-0.3, -0.25) is 14.7 Å². The van der Waals surface area contributed by atoms with Gasteiger partial charge in [0.1, 0.15) is 24.7 Å². The summed E-state index contributed by atoms with van der Waals surface area (Å²) in [6.07, 6.45) is -0.638. The molecule has 2 aromatic carbocycles. The van der Waals surface area contributed by atoms with E-state index >= 15 is 0 Å². The fraction of sp³-hybridized carbons (Fsp3) is 0.400. The molecule has 0 heterocycles.